The fourth-order valence-corrected chi connectivity index (χ4v) is 4.95. The molecule has 0 radical (unpaired) electrons. The second-order valence-electron chi connectivity index (χ2n) is 8.88. The first-order valence-corrected chi connectivity index (χ1v) is 11.6. The smallest absolute Gasteiger partial charge is 0.267 e. The van der Waals surface area contributed by atoms with Crippen LogP contribution in [-0.2, 0) is 10.3 Å². The molecule has 3 N–H and O–H groups in total. The Balaban J connectivity index is 1.55. The number of ether oxygens (including phenoxy) is 2. The third-order valence-electron chi connectivity index (χ3n) is 6.88. The number of para-hydroxylation sites is 2. The Morgan fingerprint density at radius 1 is 1.19 bits per heavy atom. The van der Waals surface area contributed by atoms with Crippen molar-refractivity contribution in [1.82, 2.24) is 19.9 Å². The Bertz CT molecular complexity index is 1510. The number of benzene rings is 2. The molecule has 6 rings (SSSR count). The highest BCUT2D eigenvalue weighted by atomic mass is 16.5. The normalized spacial score (nSPS) is 16.1. The van der Waals surface area contributed by atoms with Crippen LogP contribution in [0.25, 0.3) is 16.6 Å². The molecule has 2 aliphatic rings. The van der Waals surface area contributed by atoms with Crippen molar-refractivity contribution in [2.75, 3.05) is 30.9 Å². The predicted octanol–water partition coefficient (Wildman–Crippen LogP) is 2.79. The average molecular weight is 485 g/mol. The van der Waals surface area contributed by atoms with Crippen LogP contribution in [0, 0.1) is 0 Å². The van der Waals surface area contributed by atoms with E-state index in [0.29, 0.717) is 12.2 Å². The molecule has 0 spiro atoms. The van der Waals surface area contributed by atoms with Gasteiger partial charge in [-0.15, -0.1) is 0 Å². The molecule has 182 valence electrons. The number of aromatic nitrogens is 3. The van der Waals surface area contributed by atoms with Crippen LogP contribution in [0.3, 0.4) is 0 Å². The van der Waals surface area contributed by atoms with Crippen LogP contribution in [-0.4, -0.2) is 47.1 Å². The van der Waals surface area contributed by atoms with Crippen molar-refractivity contribution >= 4 is 34.7 Å². The second-order valence-corrected chi connectivity index (χ2v) is 8.88. The van der Waals surface area contributed by atoms with Crippen LogP contribution in [0.1, 0.15) is 28.8 Å². The first-order chi connectivity index (χ1) is 17.6. The van der Waals surface area contributed by atoms with Gasteiger partial charge in [-0.05, 0) is 43.2 Å². The van der Waals surface area contributed by atoms with Gasteiger partial charge in [0.2, 0.25) is 12.3 Å². The van der Waals surface area contributed by atoms with E-state index in [-0.39, 0.29) is 29.8 Å². The largest absolute Gasteiger partial charge is 0.495 e. The topological polar surface area (TPSA) is 125 Å². The van der Waals surface area contributed by atoms with E-state index in [4.69, 9.17) is 15.2 Å². The summed E-state index contributed by atoms with van der Waals surface area (Å²) in [5.41, 5.74) is 9.09. The standard InChI is InChI=1S/C26H24N6O4/c1-35-20-5-3-2-4-19(20)32-9-6-16-12-17(13-18(22(16)32)26(7-8-26)30-15-33)31-10-11-36-24-21(25(31)34)23(27)28-14-29-24/h2-6,9,12-15H,7-8,10-11H2,1H3,(H,30,33)(H2,27,28,29). The highest BCUT2D eigenvalue weighted by Crippen LogP contribution is 2.49. The van der Waals surface area contributed by atoms with Crippen molar-refractivity contribution < 1.29 is 19.1 Å². The van der Waals surface area contributed by atoms with Crippen LogP contribution >= 0.6 is 0 Å². The third-order valence-corrected chi connectivity index (χ3v) is 6.88. The minimum Gasteiger partial charge on any atom is -0.495 e. The maximum absolute atomic E-state index is 13.6. The van der Waals surface area contributed by atoms with E-state index < -0.39 is 5.54 Å². The number of carbonyl (C=O) groups is 2. The highest BCUT2D eigenvalue weighted by molar-refractivity contribution is 6.11. The zero-order chi connectivity index (χ0) is 24.9. The lowest BCUT2D eigenvalue weighted by atomic mass is 9.99. The van der Waals surface area contributed by atoms with Gasteiger partial charge in [0.15, 0.2) is 0 Å². The Kier molecular flexibility index (Phi) is 5.03. The Labute approximate surface area is 206 Å². The summed E-state index contributed by atoms with van der Waals surface area (Å²) in [5, 5.41) is 3.94. The third kappa shape index (κ3) is 3.33. The van der Waals surface area contributed by atoms with E-state index in [1.165, 1.54) is 6.33 Å². The predicted molar refractivity (Wildman–Crippen MR) is 134 cm³/mol. The van der Waals surface area contributed by atoms with E-state index in [1.54, 1.807) is 12.0 Å². The molecule has 2 aromatic carbocycles. The number of amides is 2. The van der Waals surface area contributed by atoms with Crippen LogP contribution in [0.2, 0.25) is 0 Å². The monoisotopic (exact) mass is 484 g/mol. The summed E-state index contributed by atoms with van der Waals surface area (Å²) in [6.45, 7) is 0.559. The Morgan fingerprint density at radius 2 is 2.03 bits per heavy atom. The maximum Gasteiger partial charge on any atom is 0.267 e. The van der Waals surface area contributed by atoms with Gasteiger partial charge in [-0.3, -0.25) is 9.59 Å². The number of fused-ring (bicyclic) bond motifs is 2. The number of methoxy groups -OCH3 is 1. The summed E-state index contributed by atoms with van der Waals surface area (Å²) in [4.78, 5) is 34.9. The van der Waals surface area contributed by atoms with Crippen LogP contribution in [0.5, 0.6) is 11.6 Å². The molecule has 0 atom stereocenters. The van der Waals surface area contributed by atoms with E-state index in [0.717, 1.165) is 47.2 Å². The summed E-state index contributed by atoms with van der Waals surface area (Å²) >= 11 is 0. The number of hydrogen-bond acceptors (Lipinski definition) is 7. The van der Waals surface area contributed by atoms with Crippen molar-refractivity contribution in [1.29, 1.82) is 0 Å². The van der Waals surface area contributed by atoms with E-state index in [1.807, 2.05) is 48.7 Å². The van der Waals surface area contributed by atoms with Gasteiger partial charge in [-0.25, -0.2) is 9.97 Å². The van der Waals surface area contributed by atoms with Gasteiger partial charge in [-0.2, -0.15) is 0 Å². The molecule has 10 nitrogen and oxygen atoms in total. The number of anilines is 2. The molecule has 1 fully saturated rings. The minimum absolute atomic E-state index is 0.0711. The Hall–Kier alpha value is -4.60. The quantitative estimate of drug-likeness (QED) is 0.403. The van der Waals surface area contributed by atoms with Gasteiger partial charge < -0.3 is 30.0 Å². The molecule has 36 heavy (non-hydrogen) atoms. The lowest BCUT2D eigenvalue weighted by Crippen LogP contribution is -2.34. The van der Waals surface area contributed by atoms with Gasteiger partial charge in [-0.1, -0.05) is 12.1 Å². The maximum atomic E-state index is 13.6. The number of carbonyl (C=O) groups excluding carboxylic acids is 2. The summed E-state index contributed by atoms with van der Waals surface area (Å²) in [6.07, 6.45) is 5.58. The van der Waals surface area contributed by atoms with Gasteiger partial charge >= 0.3 is 0 Å². The number of nitrogens with two attached hydrogens (primary N) is 1. The SMILES string of the molecule is COc1ccccc1-n1ccc2cc(N3CCOc4ncnc(N)c4C3=O)cc(C3(NC=O)CC3)c21. The molecule has 0 saturated heterocycles. The fraction of sp³-hybridized carbons (Fsp3) is 0.231. The highest BCUT2D eigenvalue weighted by Gasteiger charge is 2.46. The lowest BCUT2D eigenvalue weighted by Gasteiger charge is -2.25. The number of nitrogens with one attached hydrogen (secondary N) is 1. The minimum atomic E-state index is -0.514. The molecule has 3 heterocycles. The van der Waals surface area contributed by atoms with Gasteiger partial charge in [0.05, 0.1) is 30.4 Å². The van der Waals surface area contributed by atoms with Gasteiger partial charge in [0.1, 0.15) is 30.1 Å². The molecule has 0 unspecified atom stereocenters. The van der Waals surface area contributed by atoms with Gasteiger partial charge in [0.25, 0.3) is 5.91 Å². The molecule has 4 aromatic rings. The summed E-state index contributed by atoms with van der Waals surface area (Å²) in [6, 6.07) is 13.7. The fourth-order valence-electron chi connectivity index (χ4n) is 4.95. The Morgan fingerprint density at radius 3 is 2.81 bits per heavy atom. The van der Waals surface area contributed by atoms with E-state index in [9.17, 15) is 9.59 Å². The average Bonchev–Trinajstić information content (AvgIpc) is 3.59. The summed E-state index contributed by atoms with van der Waals surface area (Å²) in [5.74, 6) is 0.648. The van der Waals surface area contributed by atoms with Crippen LogP contribution in [0.4, 0.5) is 11.5 Å². The molecule has 10 heteroatoms. The van der Waals surface area contributed by atoms with Crippen molar-refractivity contribution in [3.05, 3.63) is 66.1 Å². The van der Waals surface area contributed by atoms with E-state index >= 15 is 0 Å². The number of nitrogens with zero attached hydrogens (tertiary/aromatic N) is 4. The summed E-state index contributed by atoms with van der Waals surface area (Å²) in [7, 11) is 1.64. The van der Waals surface area contributed by atoms with Crippen molar-refractivity contribution in [2.45, 2.75) is 18.4 Å². The van der Waals surface area contributed by atoms with Crippen molar-refractivity contribution in [3.8, 4) is 17.3 Å². The molecular weight excluding hydrogens is 460 g/mol. The van der Waals surface area contributed by atoms with Crippen LogP contribution in [0.15, 0.2) is 55.0 Å². The number of hydrogen-bond donors (Lipinski definition) is 2. The zero-order valence-electron chi connectivity index (χ0n) is 19.6. The molecular formula is C26H24N6O4. The molecule has 1 aliphatic carbocycles. The summed E-state index contributed by atoms with van der Waals surface area (Å²) < 4.78 is 13.4. The molecule has 1 aliphatic heterocycles. The zero-order valence-corrected chi connectivity index (χ0v) is 19.6. The lowest BCUT2D eigenvalue weighted by molar-refractivity contribution is -0.110. The molecule has 2 aromatic heterocycles. The van der Waals surface area contributed by atoms with Gasteiger partial charge in [0, 0.05) is 22.8 Å². The number of nitrogen functional groups attached to an aromatic ring is 1. The van der Waals surface area contributed by atoms with Crippen molar-refractivity contribution in [2.24, 2.45) is 0 Å². The first-order valence-electron chi connectivity index (χ1n) is 11.6. The molecule has 2 amide bonds. The second kappa shape index (κ2) is 8.26. The number of rotatable bonds is 6. The first kappa shape index (κ1) is 21.9. The van der Waals surface area contributed by atoms with E-state index in [2.05, 4.69) is 19.9 Å². The molecule has 1 saturated carbocycles. The van der Waals surface area contributed by atoms with Crippen molar-refractivity contribution in [3.63, 3.8) is 0 Å². The van der Waals surface area contributed by atoms with Crippen LogP contribution < -0.4 is 25.4 Å². The molecule has 0 bridgehead atoms.